The molecule has 0 unspecified atom stereocenters. The van der Waals surface area contributed by atoms with Gasteiger partial charge in [-0.3, -0.25) is 9.78 Å². The van der Waals surface area contributed by atoms with Crippen molar-refractivity contribution in [3.05, 3.63) is 65.5 Å². The molecule has 1 aliphatic heterocycles. The number of aromatic nitrogens is 1. The summed E-state index contributed by atoms with van der Waals surface area (Å²) in [5, 5.41) is 0. The molecular formula is C19H23N3O3S. The smallest absolute Gasteiger partial charge is 0.254 e. The summed E-state index contributed by atoms with van der Waals surface area (Å²) in [6.07, 6.45) is 3.80. The lowest BCUT2D eigenvalue weighted by molar-refractivity contribution is 0.0764. The quantitative estimate of drug-likeness (QED) is 0.823. The van der Waals surface area contributed by atoms with Gasteiger partial charge in [0.15, 0.2) is 0 Å². The lowest BCUT2D eigenvalue weighted by Crippen LogP contribution is -2.37. The summed E-state index contributed by atoms with van der Waals surface area (Å²) in [5.41, 5.74) is 2.46. The number of aryl methyl sites for hydroxylation is 1. The van der Waals surface area contributed by atoms with Gasteiger partial charge in [0, 0.05) is 44.1 Å². The zero-order valence-electron chi connectivity index (χ0n) is 14.8. The summed E-state index contributed by atoms with van der Waals surface area (Å²) in [4.78, 5) is 18.2. The third-order valence-corrected chi connectivity index (χ3v) is 6.38. The van der Waals surface area contributed by atoms with E-state index < -0.39 is 10.0 Å². The van der Waals surface area contributed by atoms with E-state index in [4.69, 9.17) is 0 Å². The highest BCUT2D eigenvalue weighted by Gasteiger charge is 2.27. The topological polar surface area (TPSA) is 70.6 Å². The second-order valence-electron chi connectivity index (χ2n) is 6.52. The number of rotatable bonds is 4. The van der Waals surface area contributed by atoms with Gasteiger partial charge in [-0.25, -0.2) is 8.42 Å². The van der Waals surface area contributed by atoms with Gasteiger partial charge in [0.1, 0.15) is 0 Å². The number of hydrogen-bond acceptors (Lipinski definition) is 4. The Hall–Kier alpha value is -2.25. The SMILES string of the molecule is Cc1ccc(CS(=O)(=O)N2CCCN(C(=O)c3ccncc3)CC2)cc1. The molecule has 0 bridgehead atoms. The van der Waals surface area contributed by atoms with Gasteiger partial charge in [0.05, 0.1) is 5.75 Å². The van der Waals surface area contributed by atoms with E-state index in [1.807, 2.05) is 31.2 Å². The molecule has 1 fully saturated rings. The molecular weight excluding hydrogens is 350 g/mol. The van der Waals surface area contributed by atoms with Crippen molar-refractivity contribution in [1.82, 2.24) is 14.2 Å². The van der Waals surface area contributed by atoms with Crippen LogP contribution in [0.25, 0.3) is 0 Å². The molecule has 2 heterocycles. The van der Waals surface area contributed by atoms with Crippen LogP contribution >= 0.6 is 0 Å². The molecule has 2 aromatic rings. The van der Waals surface area contributed by atoms with E-state index in [1.54, 1.807) is 29.4 Å². The van der Waals surface area contributed by atoms with Crippen molar-refractivity contribution < 1.29 is 13.2 Å². The Balaban J connectivity index is 1.66. The zero-order valence-corrected chi connectivity index (χ0v) is 15.7. The van der Waals surface area contributed by atoms with Gasteiger partial charge < -0.3 is 4.90 Å². The molecule has 6 nitrogen and oxygen atoms in total. The van der Waals surface area contributed by atoms with Crippen molar-refractivity contribution in [2.24, 2.45) is 0 Å². The highest BCUT2D eigenvalue weighted by atomic mass is 32.2. The molecule has 1 aliphatic rings. The van der Waals surface area contributed by atoms with Crippen LogP contribution in [0.2, 0.25) is 0 Å². The van der Waals surface area contributed by atoms with Crippen LogP contribution in [-0.2, 0) is 15.8 Å². The highest BCUT2D eigenvalue weighted by molar-refractivity contribution is 7.88. The summed E-state index contributed by atoms with van der Waals surface area (Å²) in [5.74, 6) is -0.0869. The van der Waals surface area contributed by atoms with Crippen LogP contribution < -0.4 is 0 Å². The molecule has 1 amide bonds. The van der Waals surface area contributed by atoms with Crippen molar-refractivity contribution >= 4 is 15.9 Å². The molecule has 7 heteroatoms. The van der Waals surface area contributed by atoms with Crippen LogP contribution in [0.1, 0.15) is 27.9 Å². The average Bonchev–Trinajstić information content (AvgIpc) is 2.90. The first kappa shape index (κ1) is 18.5. The second-order valence-corrected chi connectivity index (χ2v) is 8.49. The average molecular weight is 373 g/mol. The molecule has 0 N–H and O–H groups in total. The minimum absolute atomic E-state index is 0.00835. The Morgan fingerprint density at radius 1 is 1.00 bits per heavy atom. The number of nitrogens with zero attached hydrogens (tertiary/aromatic N) is 3. The highest BCUT2D eigenvalue weighted by Crippen LogP contribution is 2.16. The standard InChI is InChI=1S/C19H23N3O3S/c1-16-3-5-17(6-4-16)15-26(24,25)22-12-2-11-21(13-14-22)19(23)18-7-9-20-10-8-18/h3-10H,2,11-15H2,1H3. The maximum atomic E-state index is 12.8. The van der Waals surface area contributed by atoms with E-state index in [0.717, 1.165) is 11.1 Å². The number of amides is 1. The Morgan fingerprint density at radius 3 is 2.38 bits per heavy atom. The van der Waals surface area contributed by atoms with Gasteiger partial charge in [0.2, 0.25) is 10.0 Å². The fourth-order valence-corrected chi connectivity index (χ4v) is 4.60. The van der Waals surface area contributed by atoms with Gasteiger partial charge in [-0.15, -0.1) is 0 Å². The number of hydrogen-bond donors (Lipinski definition) is 0. The normalized spacial score (nSPS) is 16.3. The molecule has 0 aliphatic carbocycles. The summed E-state index contributed by atoms with van der Waals surface area (Å²) in [7, 11) is -3.40. The van der Waals surface area contributed by atoms with Crippen molar-refractivity contribution in [1.29, 1.82) is 0 Å². The second kappa shape index (κ2) is 7.97. The molecule has 26 heavy (non-hydrogen) atoms. The molecule has 1 aromatic carbocycles. The molecule has 1 saturated heterocycles. The van der Waals surface area contributed by atoms with E-state index in [1.165, 1.54) is 4.31 Å². The Kier molecular flexibility index (Phi) is 5.68. The summed E-state index contributed by atoms with van der Waals surface area (Å²) >= 11 is 0. The van der Waals surface area contributed by atoms with Gasteiger partial charge in [-0.05, 0) is 31.0 Å². The largest absolute Gasteiger partial charge is 0.337 e. The summed E-state index contributed by atoms with van der Waals surface area (Å²) < 4.78 is 27.0. The lowest BCUT2D eigenvalue weighted by Gasteiger charge is -2.22. The molecule has 0 saturated carbocycles. The predicted octanol–water partition coefficient (Wildman–Crippen LogP) is 2.07. The molecule has 0 spiro atoms. The molecule has 0 atom stereocenters. The molecule has 0 radical (unpaired) electrons. The van der Waals surface area contributed by atoms with Crippen LogP contribution in [0.4, 0.5) is 0 Å². The Labute approximate surface area is 154 Å². The number of carbonyl (C=O) groups is 1. The van der Waals surface area contributed by atoms with Crippen molar-refractivity contribution in [3.8, 4) is 0 Å². The van der Waals surface area contributed by atoms with Gasteiger partial charge >= 0.3 is 0 Å². The monoisotopic (exact) mass is 373 g/mol. The van der Waals surface area contributed by atoms with Crippen LogP contribution in [0.15, 0.2) is 48.8 Å². The summed E-state index contributed by atoms with van der Waals surface area (Å²) in [6, 6.07) is 10.9. The Bertz CT molecular complexity index is 851. The first-order valence-electron chi connectivity index (χ1n) is 8.68. The zero-order chi connectivity index (χ0) is 18.6. The van der Waals surface area contributed by atoms with Crippen LogP contribution in [0, 0.1) is 6.92 Å². The van der Waals surface area contributed by atoms with Gasteiger partial charge in [-0.2, -0.15) is 4.31 Å². The van der Waals surface area contributed by atoms with Crippen LogP contribution in [-0.4, -0.2) is 54.7 Å². The molecule has 3 rings (SSSR count). The van der Waals surface area contributed by atoms with E-state index in [-0.39, 0.29) is 11.7 Å². The maximum Gasteiger partial charge on any atom is 0.254 e. The van der Waals surface area contributed by atoms with E-state index in [0.29, 0.717) is 38.2 Å². The van der Waals surface area contributed by atoms with Crippen LogP contribution in [0.5, 0.6) is 0 Å². The molecule has 138 valence electrons. The number of sulfonamides is 1. The number of benzene rings is 1. The molecule has 1 aromatic heterocycles. The lowest BCUT2D eigenvalue weighted by atomic mass is 10.2. The van der Waals surface area contributed by atoms with Gasteiger partial charge in [0.25, 0.3) is 5.91 Å². The maximum absolute atomic E-state index is 12.8. The Morgan fingerprint density at radius 2 is 1.69 bits per heavy atom. The van der Waals surface area contributed by atoms with E-state index in [2.05, 4.69) is 4.98 Å². The first-order valence-corrected chi connectivity index (χ1v) is 10.3. The third-order valence-electron chi connectivity index (χ3n) is 4.53. The minimum atomic E-state index is -3.40. The number of carbonyl (C=O) groups excluding carboxylic acids is 1. The van der Waals surface area contributed by atoms with Crippen LogP contribution in [0.3, 0.4) is 0 Å². The third kappa shape index (κ3) is 4.47. The van der Waals surface area contributed by atoms with Crippen molar-refractivity contribution in [2.75, 3.05) is 26.2 Å². The number of pyridine rings is 1. The van der Waals surface area contributed by atoms with E-state index in [9.17, 15) is 13.2 Å². The fourth-order valence-electron chi connectivity index (χ4n) is 3.04. The van der Waals surface area contributed by atoms with Crippen molar-refractivity contribution in [2.45, 2.75) is 19.1 Å². The first-order chi connectivity index (χ1) is 12.5. The summed E-state index contributed by atoms with van der Waals surface area (Å²) in [6.45, 7) is 3.69. The fraction of sp³-hybridized carbons (Fsp3) is 0.368. The predicted molar refractivity (Wildman–Crippen MR) is 100 cm³/mol. The van der Waals surface area contributed by atoms with E-state index >= 15 is 0 Å². The van der Waals surface area contributed by atoms with Gasteiger partial charge in [-0.1, -0.05) is 29.8 Å². The minimum Gasteiger partial charge on any atom is -0.337 e. The van der Waals surface area contributed by atoms with Crippen molar-refractivity contribution in [3.63, 3.8) is 0 Å².